The van der Waals surface area contributed by atoms with Crippen molar-refractivity contribution in [2.24, 2.45) is 0 Å². The highest BCUT2D eigenvalue weighted by Crippen LogP contribution is 2.34. The first-order chi connectivity index (χ1) is 13.6. The third kappa shape index (κ3) is 3.23. The number of H-pyrrole nitrogens is 1. The molecule has 0 radical (unpaired) electrons. The number of hydrogen-bond donors (Lipinski definition) is 1. The molecule has 0 amide bonds. The van der Waals surface area contributed by atoms with E-state index < -0.39 is 0 Å². The van der Waals surface area contributed by atoms with Crippen molar-refractivity contribution in [1.82, 2.24) is 29.6 Å². The number of likely N-dealkylation sites (tertiary alicyclic amines) is 1. The van der Waals surface area contributed by atoms with E-state index in [4.69, 9.17) is 4.74 Å². The van der Waals surface area contributed by atoms with Gasteiger partial charge in [0, 0.05) is 43.0 Å². The Balaban J connectivity index is 1.51. The van der Waals surface area contributed by atoms with Gasteiger partial charge in [0.15, 0.2) is 0 Å². The Labute approximate surface area is 161 Å². The van der Waals surface area contributed by atoms with E-state index >= 15 is 0 Å². The molecule has 144 valence electrons. The summed E-state index contributed by atoms with van der Waals surface area (Å²) in [6, 6.07) is 4.22. The van der Waals surface area contributed by atoms with Gasteiger partial charge in [0.2, 0.25) is 0 Å². The maximum absolute atomic E-state index is 11.6. The van der Waals surface area contributed by atoms with Gasteiger partial charge < -0.3 is 9.72 Å². The van der Waals surface area contributed by atoms with E-state index in [1.165, 1.54) is 6.33 Å². The van der Waals surface area contributed by atoms with Crippen LogP contribution in [-0.4, -0.2) is 61.8 Å². The zero-order valence-corrected chi connectivity index (χ0v) is 15.6. The van der Waals surface area contributed by atoms with Crippen LogP contribution in [0.25, 0.3) is 22.3 Å². The maximum Gasteiger partial charge on any atom is 0.307 e. The van der Waals surface area contributed by atoms with Gasteiger partial charge in [-0.25, -0.2) is 9.97 Å². The van der Waals surface area contributed by atoms with Crippen molar-refractivity contribution in [3.63, 3.8) is 0 Å². The van der Waals surface area contributed by atoms with E-state index in [2.05, 4.69) is 31.0 Å². The highest BCUT2D eigenvalue weighted by Gasteiger charge is 2.45. The molecule has 1 fully saturated rings. The molecule has 0 spiro atoms. The lowest BCUT2D eigenvalue weighted by Crippen LogP contribution is -2.62. The first kappa shape index (κ1) is 18.1. The van der Waals surface area contributed by atoms with Crippen LogP contribution in [0.4, 0.5) is 0 Å². The molecule has 1 N–H and O–H groups in total. The molecule has 1 aliphatic heterocycles. The summed E-state index contributed by atoms with van der Waals surface area (Å²) in [7, 11) is 0. The van der Waals surface area contributed by atoms with Crippen molar-refractivity contribution >= 4 is 17.0 Å². The Kier molecular flexibility index (Phi) is 4.79. The molecular formula is C19H21N7O2. The minimum absolute atomic E-state index is 0.194. The predicted molar refractivity (Wildman–Crippen MR) is 101 cm³/mol. The van der Waals surface area contributed by atoms with Crippen molar-refractivity contribution < 1.29 is 9.53 Å². The van der Waals surface area contributed by atoms with Crippen LogP contribution in [0.3, 0.4) is 0 Å². The summed E-state index contributed by atoms with van der Waals surface area (Å²) in [4.78, 5) is 25.4. The minimum Gasteiger partial charge on any atom is -0.466 e. The zero-order chi connectivity index (χ0) is 19.6. The number of aromatic amines is 1. The fraction of sp³-hybridized carbons (Fsp3) is 0.421. The molecule has 3 aromatic rings. The van der Waals surface area contributed by atoms with Crippen LogP contribution in [-0.2, 0) is 15.1 Å². The van der Waals surface area contributed by atoms with Crippen LogP contribution >= 0.6 is 0 Å². The summed E-state index contributed by atoms with van der Waals surface area (Å²) in [5.74, 6) is -0.194. The van der Waals surface area contributed by atoms with E-state index in [-0.39, 0.29) is 11.5 Å². The van der Waals surface area contributed by atoms with E-state index in [9.17, 15) is 10.1 Å². The predicted octanol–water partition coefficient (Wildman–Crippen LogP) is 1.70. The average Bonchev–Trinajstić information content (AvgIpc) is 3.32. The molecule has 3 aromatic heterocycles. The minimum atomic E-state index is -0.383. The number of nitriles is 1. The second-order valence-corrected chi connectivity index (χ2v) is 6.96. The lowest BCUT2D eigenvalue weighted by Gasteiger charge is -2.49. The SMILES string of the molecule is CCOC(=O)CCN1CC(CC#N)(n2cc(-c3ncnc4[nH]ccc34)cn2)C1. The number of ether oxygens (including phenoxy) is 1. The second-order valence-electron chi connectivity index (χ2n) is 6.96. The Morgan fingerprint density at radius 1 is 1.43 bits per heavy atom. The molecule has 1 aliphatic rings. The van der Waals surface area contributed by atoms with Crippen LogP contribution in [0.15, 0.2) is 31.0 Å². The van der Waals surface area contributed by atoms with E-state index in [0.717, 1.165) is 22.3 Å². The molecule has 0 saturated carbocycles. The summed E-state index contributed by atoms with van der Waals surface area (Å²) in [5.41, 5.74) is 2.09. The van der Waals surface area contributed by atoms with Gasteiger partial charge >= 0.3 is 5.97 Å². The molecule has 0 aromatic carbocycles. The van der Waals surface area contributed by atoms with Gasteiger partial charge in [-0.3, -0.25) is 14.4 Å². The van der Waals surface area contributed by atoms with Crippen LogP contribution in [0.2, 0.25) is 0 Å². The quantitative estimate of drug-likeness (QED) is 0.622. The first-order valence-corrected chi connectivity index (χ1v) is 9.24. The Bertz CT molecular complexity index is 1030. The normalized spacial score (nSPS) is 15.9. The van der Waals surface area contributed by atoms with Crippen LogP contribution in [0, 0.1) is 11.3 Å². The number of carbonyl (C=O) groups is 1. The molecule has 0 unspecified atom stereocenters. The van der Waals surface area contributed by atoms with E-state index in [1.54, 1.807) is 13.1 Å². The van der Waals surface area contributed by atoms with Crippen LogP contribution < -0.4 is 0 Å². The molecule has 4 heterocycles. The topological polar surface area (TPSA) is 113 Å². The van der Waals surface area contributed by atoms with Gasteiger partial charge in [-0.15, -0.1) is 0 Å². The fourth-order valence-electron chi connectivity index (χ4n) is 3.72. The zero-order valence-electron chi connectivity index (χ0n) is 15.6. The van der Waals surface area contributed by atoms with Crippen molar-refractivity contribution in [2.45, 2.75) is 25.3 Å². The second kappa shape index (κ2) is 7.40. The van der Waals surface area contributed by atoms with Crippen LogP contribution in [0.5, 0.6) is 0 Å². The third-order valence-electron chi connectivity index (χ3n) is 5.08. The number of carbonyl (C=O) groups excluding carboxylic acids is 1. The molecule has 0 atom stereocenters. The maximum atomic E-state index is 11.6. The van der Waals surface area contributed by atoms with Gasteiger partial charge in [-0.2, -0.15) is 10.4 Å². The van der Waals surface area contributed by atoms with Crippen molar-refractivity contribution in [2.75, 3.05) is 26.2 Å². The van der Waals surface area contributed by atoms with Gasteiger partial charge in [0.1, 0.15) is 17.5 Å². The van der Waals surface area contributed by atoms with Gasteiger partial charge in [0.25, 0.3) is 0 Å². The summed E-state index contributed by atoms with van der Waals surface area (Å²) in [5, 5.41) is 14.8. The van der Waals surface area contributed by atoms with Crippen molar-refractivity contribution in [3.8, 4) is 17.3 Å². The molecule has 4 rings (SSSR count). The number of nitrogens with zero attached hydrogens (tertiary/aromatic N) is 6. The van der Waals surface area contributed by atoms with Crippen LogP contribution in [0.1, 0.15) is 19.8 Å². The van der Waals surface area contributed by atoms with Gasteiger partial charge in [-0.05, 0) is 13.0 Å². The number of hydrogen-bond acceptors (Lipinski definition) is 7. The van der Waals surface area contributed by atoms with E-state index in [1.807, 2.05) is 23.1 Å². The monoisotopic (exact) mass is 379 g/mol. The molecule has 0 bridgehead atoms. The Hall–Kier alpha value is -3.25. The summed E-state index contributed by atoms with van der Waals surface area (Å²) < 4.78 is 6.84. The highest BCUT2D eigenvalue weighted by molar-refractivity contribution is 5.89. The Morgan fingerprint density at radius 3 is 3.07 bits per heavy atom. The summed E-state index contributed by atoms with van der Waals surface area (Å²) >= 11 is 0. The number of rotatable bonds is 7. The van der Waals surface area contributed by atoms with Crippen molar-refractivity contribution in [3.05, 3.63) is 31.0 Å². The molecule has 9 nitrogen and oxygen atoms in total. The lowest BCUT2D eigenvalue weighted by atomic mass is 9.86. The number of fused-ring (bicyclic) bond motifs is 1. The average molecular weight is 379 g/mol. The van der Waals surface area contributed by atoms with E-state index in [0.29, 0.717) is 39.1 Å². The molecular weight excluding hydrogens is 358 g/mol. The largest absolute Gasteiger partial charge is 0.466 e. The summed E-state index contributed by atoms with van der Waals surface area (Å²) in [6.07, 6.45) is 7.78. The summed E-state index contributed by atoms with van der Waals surface area (Å²) in [6.45, 7) is 4.16. The third-order valence-corrected chi connectivity index (χ3v) is 5.08. The number of aromatic nitrogens is 5. The lowest BCUT2D eigenvalue weighted by molar-refractivity contribution is -0.144. The smallest absolute Gasteiger partial charge is 0.307 e. The number of esters is 1. The van der Waals surface area contributed by atoms with Gasteiger partial charge in [0.05, 0.1) is 37.4 Å². The highest BCUT2D eigenvalue weighted by atomic mass is 16.5. The number of nitrogens with one attached hydrogen (secondary N) is 1. The standard InChI is InChI=1S/C19H21N7O2/c1-2-28-16(27)4-8-25-11-19(12-25,5-6-20)26-10-14(9-24-26)17-15-3-7-21-18(15)23-13-22-17/h3,7,9-10,13H,2,4-5,8,11-12H2,1H3,(H,21,22,23). The first-order valence-electron chi connectivity index (χ1n) is 9.24. The van der Waals surface area contributed by atoms with Gasteiger partial charge in [-0.1, -0.05) is 0 Å². The molecule has 0 aliphatic carbocycles. The molecule has 28 heavy (non-hydrogen) atoms. The molecule has 1 saturated heterocycles. The fourth-order valence-corrected chi connectivity index (χ4v) is 3.72. The molecule has 9 heteroatoms. The van der Waals surface area contributed by atoms with Crippen molar-refractivity contribution in [1.29, 1.82) is 5.26 Å². The Morgan fingerprint density at radius 2 is 2.29 bits per heavy atom.